The van der Waals surface area contributed by atoms with Crippen LogP contribution in [0.5, 0.6) is 0 Å². The summed E-state index contributed by atoms with van der Waals surface area (Å²) in [7, 11) is -6.65. The first-order chi connectivity index (χ1) is 22.5. The first-order valence-electron chi connectivity index (χ1n) is 15.0. The quantitative estimate of drug-likeness (QED) is 0.145. The van der Waals surface area contributed by atoms with Crippen molar-refractivity contribution >= 4 is 57.4 Å². The summed E-state index contributed by atoms with van der Waals surface area (Å²) in [6, 6.07) is 53.2. The predicted octanol–water partition coefficient (Wildman–Crippen LogP) is 6.26. The van der Waals surface area contributed by atoms with Crippen LogP contribution in [0, 0.1) is 0 Å². The first-order valence-corrected chi connectivity index (χ1v) is 18.4. The molecule has 0 aromatic heterocycles. The van der Waals surface area contributed by atoms with Crippen molar-refractivity contribution in [2.24, 2.45) is 11.5 Å². The molecule has 0 spiro atoms. The standard InChI is InChI=1S/C40H34N2O2P2/c41-30-31(36-25-13-15-27-39(36)45(43,32-17-5-1-6-18-32)33-19-7-2-8-20-33)29-38(42)37-26-14-16-28-40(37)46(44,34-21-9-3-10-22-34)35-23-11-4-12-24-35/h1-30H,41-42H2/b31-30+,38-29-. The zero-order valence-electron chi connectivity index (χ0n) is 25.2. The highest BCUT2D eigenvalue weighted by Crippen LogP contribution is 2.46. The molecule has 0 saturated carbocycles. The number of rotatable bonds is 9. The highest BCUT2D eigenvalue weighted by molar-refractivity contribution is 7.85. The van der Waals surface area contributed by atoms with Crippen molar-refractivity contribution in [1.29, 1.82) is 0 Å². The second-order valence-electron chi connectivity index (χ2n) is 10.8. The van der Waals surface area contributed by atoms with E-state index < -0.39 is 14.3 Å². The second kappa shape index (κ2) is 13.5. The van der Waals surface area contributed by atoms with Crippen LogP contribution >= 0.6 is 14.3 Å². The number of benzene rings is 6. The van der Waals surface area contributed by atoms with Crippen molar-refractivity contribution in [3.63, 3.8) is 0 Å². The molecule has 0 saturated heterocycles. The molecule has 0 unspecified atom stereocenters. The summed E-state index contributed by atoms with van der Waals surface area (Å²) >= 11 is 0. The molecule has 4 nitrogen and oxygen atoms in total. The van der Waals surface area contributed by atoms with Gasteiger partial charge in [-0.05, 0) is 17.2 Å². The van der Waals surface area contributed by atoms with Crippen LogP contribution in [0.25, 0.3) is 11.3 Å². The van der Waals surface area contributed by atoms with E-state index in [4.69, 9.17) is 11.5 Å². The third-order valence-corrected chi connectivity index (χ3v) is 14.3. The van der Waals surface area contributed by atoms with Crippen LogP contribution in [-0.2, 0) is 9.13 Å². The Morgan fingerprint density at radius 1 is 0.435 bits per heavy atom. The van der Waals surface area contributed by atoms with E-state index in [2.05, 4.69) is 0 Å². The lowest BCUT2D eigenvalue weighted by molar-refractivity contribution is 0.591. The van der Waals surface area contributed by atoms with E-state index in [-0.39, 0.29) is 0 Å². The molecule has 0 aliphatic heterocycles. The second-order valence-corrected chi connectivity index (χ2v) is 16.3. The van der Waals surface area contributed by atoms with E-state index in [1.807, 2.05) is 170 Å². The number of hydrogen-bond acceptors (Lipinski definition) is 4. The average molecular weight is 637 g/mol. The van der Waals surface area contributed by atoms with Crippen LogP contribution in [0.1, 0.15) is 11.1 Å². The van der Waals surface area contributed by atoms with E-state index in [9.17, 15) is 0 Å². The normalized spacial score (nSPS) is 12.5. The maximum Gasteiger partial charge on any atom is 0.171 e. The molecule has 0 heterocycles. The predicted molar refractivity (Wildman–Crippen MR) is 196 cm³/mol. The lowest BCUT2D eigenvalue weighted by atomic mass is 10.0. The van der Waals surface area contributed by atoms with Gasteiger partial charge in [0.1, 0.15) is 0 Å². The molecule has 6 rings (SSSR count). The molecular weight excluding hydrogens is 602 g/mol. The summed E-state index contributed by atoms with van der Waals surface area (Å²) in [6.07, 6.45) is 3.28. The van der Waals surface area contributed by atoms with Crippen molar-refractivity contribution in [1.82, 2.24) is 0 Å². The lowest BCUT2D eigenvalue weighted by Crippen LogP contribution is -2.28. The van der Waals surface area contributed by atoms with Crippen LogP contribution in [0.15, 0.2) is 182 Å². The molecule has 226 valence electrons. The van der Waals surface area contributed by atoms with Gasteiger partial charge in [0.2, 0.25) is 0 Å². The summed E-state index contributed by atoms with van der Waals surface area (Å²) in [4.78, 5) is 0. The molecule has 0 atom stereocenters. The largest absolute Gasteiger partial charge is 0.404 e. The van der Waals surface area contributed by atoms with Gasteiger partial charge >= 0.3 is 0 Å². The number of nitrogens with two attached hydrogens (primary N) is 2. The Hall–Kier alpha value is -5.14. The highest BCUT2D eigenvalue weighted by Gasteiger charge is 2.34. The fraction of sp³-hybridized carbons (Fsp3) is 0. The number of hydrogen-bond donors (Lipinski definition) is 2. The van der Waals surface area contributed by atoms with Crippen molar-refractivity contribution in [2.75, 3.05) is 0 Å². The van der Waals surface area contributed by atoms with Gasteiger partial charge in [-0.3, -0.25) is 0 Å². The van der Waals surface area contributed by atoms with Crippen LogP contribution in [-0.4, -0.2) is 0 Å². The van der Waals surface area contributed by atoms with Gasteiger partial charge in [0.25, 0.3) is 0 Å². The third kappa shape index (κ3) is 5.70. The summed E-state index contributed by atoms with van der Waals surface area (Å²) in [5, 5.41) is 4.16. The molecule has 0 radical (unpaired) electrons. The van der Waals surface area contributed by atoms with Crippen molar-refractivity contribution < 1.29 is 9.13 Å². The Morgan fingerprint density at radius 3 is 1.11 bits per heavy atom. The van der Waals surface area contributed by atoms with Crippen LogP contribution in [0.2, 0.25) is 0 Å². The van der Waals surface area contributed by atoms with Crippen molar-refractivity contribution in [3.05, 3.63) is 193 Å². The minimum atomic E-state index is -3.32. The van der Waals surface area contributed by atoms with Crippen LogP contribution in [0.3, 0.4) is 0 Å². The van der Waals surface area contributed by atoms with Gasteiger partial charge < -0.3 is 20.6 Å². The van der Waals surface area contributed by atoms with Crippen molar-refractivity contribution in [3.8, 4) is 0 Å². The minimum Gasteiger partial charge on any atom is -0.404 e. The monoisotopic (exact) mass is 636 g/mol. The molecule has 6 heteroatoms. The molecule has 0 aliphatic rings. The fourth-order valence-electron chi connectivity index (χ4n) is 5.85. The Morgan fingerprint density at radius 2 is 0.739 bits per heavy atom. The molecule has 6 aromatic carbocycles. The van der Waals surface area contributed by atoms with Crippen LogP contribution < -0.4 is 43.3 Å². The third-order valence-electron chi connectivity index (χ3n) is 8.08. The first kappa shape index (κ1) is 30.9. The maximum atomic E-state index is 15.4. The summed E-state index contributed by atoms with van der Waals surface area (Å²) in [5.74, 6) is 0. The topological polar surface area (TPSA) is 86.2 Å². The van der Waals surface area contributed by atoms with Crippen molar-refractivity contribution in [2.45, 2.75) is 0 Å². The van der Waals surface area contributed by atoms with E-state index in [0.717, 1.165) is 10.6 Å². The SMILES string of the molecule is N/C=C(\C=C(/N)c1ccccc1P(=O)(c1ccccc1)c1ccccc1)c1ccccc1P(=O)(c1ccccc1)c1ccccc1. The van der Waals surface area contributed by atoms with Crippen LogP contribution in [0.4, 0.5) is 0 Å². The Labute approximate surface area is 270 Å². The molecular formula is C40H34N2O2P2. The Kier molecular flexibility index (Phi) is 9.04. The van der Waals surface area contributed by atoms with Gasteiger partial charge in [-0.15, -0.1) is 0 Å². The van der Waals surface area contributed by atoms with E-state index >= 15 is 9.13 Å². The van der Waals surface area contributed by atoms with Gasteiger partial charge in [-0.2, -0.15) is 0 Å². The smallest absolute Gasteiger partial charge is 0.171 e. The van der Waals surface area contributed by atoms with E-state index in [1.165, 1.54) is 6.20 Å². The lowest BCUT2D eigenvalue weighted by Gasteiger charge is -2.24. The number of allylic oxidation sites excluding steroid dienone is 2. The van der Waals surface area contributed by atoms with Gasteiger partial charge in [0.05, 0.1) is 0 Å². The summed E-state index contributed by atoms with van der Waals surface area (Å²) in [5.41, 5.74) is 15.6. The van der Waals surface area contributed by atoms with Gasteiger partial charge in [0.15, 0.2) is 14.3 Å². The highest BCUT2D eigenvalue weighted by atomic mass is 31.2. The molecule has 0 fully saturated rings. The van der Waals surface area contributed by atoms with Gasteiger partial charge in [-0.25, -0.2) is 0 Å². The summed E-state index contributed by atoms with van der Waals surface area (Å²) in [6.45, 7) is 0. The zero-order valence-corrected chi connectivity index (χ0v) is 27.0. The molecule has 6 aromatic rings. The Balaban J connectivity index is 1.52. The maximum absolute atomic E-state index is 15.4. The molecule has 46 heavy (non-hydrogen) atoms. The molecule has 0 aliphatic carbocycles. The zero-order chi connectivity index (χ0) is 32.0. The van der Waals surface area contributed by atoms with E-state index in [1.54, 1.807) is 6.08 Å². The molecule has 0 bridgehead atoms. The fourth-order valence-corrected chi connectivity index (χ4v) is 11.6. The Bertz CT molecular complexity index is 2020. The summed E-state index contributed by atoms with van der Waals surface area (Å²) < 4.78 is 30.7. The molecule has 4 N–H and O–H groups in total. The van der Waals surface area contributed by atoms with E-state index in [0.29, 0.717) is 43.6 Å². The minimum absolute atomic E-state index is 0.392. The van der Waals surface area contributed by atoms with Gasteiger partial charge in [0, 0.05) is 49.3 Å². The molecule has 0 amide bonds. The average Bonchev–Trinajstić information content (AvgIpc) is 3.14. The van der Waals surface area contributed by atoms with Gasteiger partial charge in [-0.1, -0.05) is 170 Å².